The Morgan fingerprint density at radius 3 is 2.59 bits per heavy atom. The molecule has 150 valence electrons. The van der Waals surface area contributed by atoms with Crippen LogP contribution in [0.4, 0.5) is 19.8 Å². The van der Waals surface area contributed by atoms with Gasteiger partial charge in [0.2, 0.25) is 5.95 Å². The lowest BCUT2D eigenvalue weighted by molar-refractivity contribution is 0.194. The average Bonchev–Trinajstić information content (AvgIpc) is 2.68. The lowest BCUT2D eigenvalue weighted by atomic mass is 9.94. The van der Waals surface area contributed by atoms with E-state index in [1.165, 1.54) is 12.3 Å². The first-order valence-corrected chi connectivity index (χ1v) is 8.94. The predicted octanol–water partition coefficient (Wildman–Crippen LogP) is 3.65. The van der Waals surface area contributed by atoms with Crippen molar-refractivity contribution < 1.29 is 19.1 Å². The Labute approximate surface area is 166 Å². The SMILES string of the molecule is CCNC(=O)Nc1cc2c(-c3cc(F)ncc3C)ccc(CNC(=O)O)c2cn1. The number of carboxylic acid groups (broad SMARTS) is 1. The summed E-state index contributed by atoms with van der Waals surface area (Å²) in [7, 11) is 0. The van der Waals surface area contributed by atoms with Crippen LogP contribution in [0.3, 0.4) is 0 Å². The summed E-state index contributed by atoms with van der Waals surface area (Å²) in [5.74, 6) is -0.287. The Bertz CT molecular complexity index is 1090. The zero-order valence-electron chi connectivity index (χ0n) is 15.9. The Kier molecular flexibility index (Phi) is 5.87. The maximum absolute atomic E-state index is 13.8. The van der Waals surface area contributed by atoms with Crippen molar-refractivity contribution in [3.8, 4) is 11.1 Å². The molecule has 0 radical (unpaired) electrons. The molecule has 0 fully saturated rings. The molecule has 8 nitrogen and oxygen atoms in total. The molecule has 0 atom stereocenters. The minimum absolute atomic E-state index is 0.0839. The number of nitrogens with zero attached hydrogens (tertiary/aromatic N) is 2. The van der Waals surface area contributed by atoms with E-state index >= 15 is 0 Å². The van der Waals surface area contributed by atoms with Crippen molar-refractivity contribution in [3.63, 3.8) is 0 Å². The quantitative estimate of drug-likeness (QED) is 0.491. The van der Waals surface area contributed by atoms with E-state index in [2.05, 4.69) is 25.9 Å². The van der Waals surface area contributed by atoms with Gasteiger partial charge in [-0.25, -0.2) is 19.6 Å². The van der Waals surface area contributed by atoms with E-state index < -0.39 is 18.1 Å². The fourth-order valence-corrected chi connectivity index (χ4v) is 3.04. The van der Waals surface area contributed by atoms with Gasteiger partial charge in [0, 0.05) is 36.9 Å². The number of carbonyl (C=O) groups is 2. The number of urea groups is 1. The highest BCUT2D eigenvalue weighted by atomic mass is 19.1. The van der Waals surface area contributed by atoms with Crippen molar-refractivity contribution in [1.82, 2.24) is 20.6 Å². The van der Waals surface area contributed by atoms with Crippen LogP contribution in [-0.2, 0) is 6.54 Å². The van der Waals surface area contributed by atoms with Crippen molar-refractivity contribution in [2.24, 2.45) is 0 Å². The first-order valence-electron chi connectivity index (χ1n) is 8.94. The molecule has 0 bridgehead atoms. The van der Waals surface area contributed by atoms with Crippen molar-refractivity contribution in [2.45, 2.75) is 20.4 Å². The van der Waals surface area contributed by atoms with Gasteiger partial charge in [-0.3, -0.25) is 5.32 Å². The molecule has 2 heterocycles. The first-order chi connectivity index (χ1) is 13.9. The van der Waals surface area contributed by atoms with Crippen molar-refractivity contribution >= 4 is 28.7 Å². The maximum atomic E-state index is 13.8. The summed E-state index contributed by atoms with van der Waals surface area (Å²) in [4.78, 5) is 30.7. The number of nitrogens with one attached hydrogen (secondary N) is 3. The third-order valence-electron chi connectivity index (χ3n) is 4.36. The van der Waals surface area contributed by atoms with Gasteiger partial charge in [-0.2, -0.15) is 4.39 Å². The molecule has 2 aromatic heterocycles. The second-order valence-electron chi connectivity index (χ2n) is 6.35. The molecule has 1 aromatic carbocycles. The van der Waals surface area contributed by atoms with Crippen LogP contribution in [0.1, 0.15) is 18.1 Å². The molecule has 0 aliphatic rings. The molecule has 0 unspecified atom stereocenters. The molecule has 0 saturated carbocycles. The molecule has 29 heavy (non-hydrogen) atoms. The van der Waals surface area contributed by atoms with E-state index in [1.54, 1.807) is 31.3 Å². The number of carbonyl (C=O) groups excluding carboxylic acids is 1. The number of fused-ring (bicyclic) bond motifs is 1. The number of rotatable bonds is 5. The van der Waals surface area contributed by atoms with E-state index in [0.29, 0.717) is 34.3 Å². The van der Waals surface area contributed by atoms with E-state index in [-0.39, 0.29) is 6.54 Å². The number of anilines is 1. The van der Waals surface area contributed by atoms with Crippen LogP contribution >= 0.6 is 0 Å². The fraction of sp³-hybridized carbons (Fsp3) is 0.200. The molecule has 3 aromatic rings. The summed E-state index contributed by atoms with van der Waals surface area (Å²) < 4.78 is 13.8. The molecule has 0 spiro atoms. The summed E-state index contributed by atoms with van der Waals surface area (Å²) in [6.07, 6.45) is 1.87. The Balaban J connectivity index is 2.16. The summed E-state index contributed by atoms with van der Waals surface area (Å²) in [5.41, 5.74) is 2.85. The second-order valence-corrected chi connectivity index (χ2v) is 6.35. The molecule has 0 saturated heterocycles. The summed E-state index contributed by atoms with van der Waals surface area (Å²) in [5, 5.41) is 17.9. The van der Waals surface area contributed by atoms with Gasteiger partial charge in [0.1, 0.15) is 5.82 Å². The van der Waals surface area contributed by atoms with Crippen LogP contribution in [0.2, 0.25) is 0 Å². The average molecular weight is 397 g/mol. The number of aromatic nitrogens is 2. The third kappa shape index (κ3) is 4.57. The van der Waals surface area contributed by atoms with Crippen LogP contribution in [-0.4, -0.2) is 33.7 Å². The van der Waals surface area contributed by atoms with Crippen molar-refractivity contribution in [3.05, 3.63) is 53.7 Å². The van der Waals surface area contributed by atoms with Gasteiger partial charge >= 0.3 is 12.1 Å². The number of hydrogen-bond acceptors (Lipinski definition) is 4. The van der Waals surface area contributed by atoms with Crippen LogP contribution in [0.15, 0.2) is 36.7 Å². The highest BCUT2D eigenvalue weighted by Crippen LogP contribution is 2.33. The first kappa shape index (κ1) is 20.0. The van der Waals surface area contributed by atoms with Crippen LogP contribution in [0.25, 0.3) is 21.9 Å². The number of hydrogen-bond donors (Lipinski definition) is 4. The molecular formula is C20H20FN5O3. The molecule has 3 rings (SSSR count). The Hall–Kier alpha value is -3.75. The summed E-state index contributed by atoms with van der Waals surface area (Å²) in [6, 6.07) is 6.19. The largest absolute Gasteiger partial charge is 0.465 e. The lowest BCUT2D eigenvalue weighted by Crippen LogP contribution is -2.28. The Morgan fingerprint density at radius 2 is 1.86 bits per heavy atom. The van der Waals surface area contributed by atoms with Crippen molar-refractivity contribution in [2.75, 3.05) is 11.9 Å². The number of amides is 3. The molecule has 0 aliphatic heterocycles. The number of pyridine rings is 2. The Morgan fingerprint density at radius 1 is 1.07 bits per heavy atom. The highest BCUT2D eigenvalue weighted by Gasteiger charge is 2.14. The fourth-order valence-electron chi connectivity index (χ4n) is 3.04. The topological polar surface area (TPSA) is 116 Å². The van der Waals surface area contributed by atoms with Crippen LogP contribution in [0.5, 0.6) is 0 Å². The molecule has 0 aliphatic carbocycles. The van der Waals surface area contributed by atoms with Gasteiger partial charge in [-0.1, -0.05) is 12.1 Å². The molecule has 9 heteroatoms. The van der Waals surface area contributed by atoms with Gasteiger partial charge in [-0.05, 0) is 47.6 Å². The molecule has 4 N–H and O–H groups in total. The second kappa shape index (κ2) is 8.51. The van der Waals surface area contributed by atoms with Gasteiger partial charge in [0.25, 0.3) is 0 Å². The monoisotopic (exact) mass is 397 g/mol. The van der Waals surface area contributed by atoms with E-state index in [4.69, 9.17) is 5.11 Å². The minimum Gasteiger partial charge on any atom is -0.465 e. The molecule has 3 amide bonds. The van der Waals surface area contributed by atoms with E-state index in [0.717, 1.165) is 11.1 Å². The number of aryl methyl sites for hydroxylation is 1. The van der Waals surface area contributed by atoms with Gasteiger partial charge < -0.3 is 15.7 Å². The maximum Gasteiger partial charge on any atom is 0.404 e. The lowest BCUT2D eigenvalue weighted by Gasteiger charge is -2.14. The zero-order chi connectivity index (χ0) is 21.0. The summed E-state index contributed by atoms with van der Waals surface area (Å²) in [6.45, 7) is 4.17. The zero-order valence-corrected chi connectivity index (χ0v) is 15.9. The van der Waals surface area contributed by atoms with Gasteiger partial charge in [0.05, 0.1) is 0 Å². The standard InChI is InChI=1S/C20H20FN5O3/c1-3-22-19(27)26-18-7-15-13(14-6-17(21)23-8-11(14)2)5-4-12(9-25-20(28)29)16(15)10-24-18/h4-8,10,25H,3,9H2,1-2H3,(H,28,29)(H2,22,24,26,27). The number of halogens is 1. The van der Waals surface area contributed by atoms with E-state index in [1.807, 2.05) is 6.92 Å². The number of benzene rings is 1. The smallest absolute Gasteiger partial charge is 0.404 e. The molecular weight excluding hydrogens is 377 g/mol. The van der Waals surface area contributed by atoms with Gasteiger partial charge in [-0.15, -0.1) is 0 Å². The van der Waals surface area contributed by atoms with Crippen LogP contribution < -0.4 is 16.0 Å². The van der Waals surface area contributed by atoms with Gasteiger partial charge in [0.15, 0.2) is 0 Å². The third-order valence-corrected chi connectivity index (χ3v) is 4.36. The predicted molar refractivity (Wildman–Crippen MR) is 107 cm³/mol. The highest BCUT2D eigenvalue weighted by molar-refractivity contribution is 6.01. The van der Waals surface area contributed by atoms with Crippen LogP contribution in [0, 0.1) is 12.9 Å². The van der Waals surface area contributed by atoms with E-state index in [9.17, 15) is 14.0 Å². The minimum atomic E-state index is -1.14. The normalized spacial score (nSPS) is 10.6. The van der Waals surface area contributed by atoms with Crippen molar-refractivity contribution in [1.29, 1.82) is 0 Å². The summed E-state index contributed by atoms with van der Waals surface area (Å²) >= 11 is 0.